The molecule has 0 unspecified atom stereocenters. The first kappa shape index (κ1) is 14.1. The van der Waals surface area contributed by atoms with Crippen molar-refractivity contribution in [2.24, 2.45) is 5.41 Å². The van der Waals surface area contributed by atoms with E-state index in [1.165, 1.54) is 25.8 Å². The van der Waals surface area contributed by atoms with Crippen LogP contribution in [0.3, 0.4) is 0 Å². The molecule has 0 aliphatic heterocycles. The molecule has 0 aromatic heterocycles. The number of nitrogens with zero attached hydrogens (tertiary/aromatic N) is 2. The van der Waals surface area contributed by atoms with E-state index in [9.17, 15) is 13.6 Å². The Balaban J connectivity index is 2.89. The second kappa shape index (κ2) is 5.13. The van der Waals surface area contributed by atoms with Crippen molar-refractivity contribution in [3.05, 3.63) is 35.4 Å². The molecule has 18 heavy (non-hydrogen) atoms. The van der Waals surface area contributed by atoms with Gasteiger partial charge in [-0.1, -0.05) is 0 Å². The lowest BCUT2D eigenvalue weighted by atomic mass is 9.94. The minimum absolute atomic E-state index is 0.0759. The Kier molecular flexibility index (Phi) is 4.02. The zero-order valence-electron chi connectivity index (χ0n) is 10.5. The SMILES string of the molecule is CN(Cc1cc(F)ccc1F)C(=O)C(C)(C)C#N. The van der Waals surface area contributed by atoms with E-state index in [2.05, 4.69) is 0 Å². The van der Waals surface area contributed by atoms with Gasteiger partial charge in [-0.05, 0) is 32.0 Å². The monoisotopic (exact) mass is 252 g/mol. The van der Waals surface area contributed by atoms with Crippen LogP contribution in [0.5, 0.6) is 0 Å². The summed E-state index contributed by atoms with van der Waals surface area (Å²) >= 11 is 0. The Labute approximate surface area is 105 Å². The molecule has 1 amide bonds. The molecule has 0 aliphatic carbocycles. The van der Waals surface area contributed by atoms with Crippen molar-refractivity contribution in [3.8, 4) is 6.07 Å². The molecule has 96 valence electrons. The summed E-state index contributed by atoms with van der Waals surface area (Å²) < 4.78 is 26.4. The van der Waals surface area contributed by atoms with Gasteiger partial charge in [0.25, 0.3) is 0 Å². The standard InChI is InChI=1S/C13H14F2N2O/c1-13(2,8-16)12(18)17(3)7-9-6-10(14)4-5-11(9)15/h4-6H,7H2,1-3H3. The second-order valence-corrected chi connectivity index (χ2v) is 4.63. The van der Waals surface area contributed by atoms with Gasteiger partial charge in [0.2, 0.25) is 5.91 Å². The van der Waals surface area contributed by atoms with Crippen molar-refractivity contribution < 1.29 is 13.6 Å². The van der Waals surface area contributed by atoms with E-state index in [0.717, 1.165) is 18.2 Å². The summed E-state index contributed by atoms with van der Waals surface area (Å²) in [6.07, 6.45) is 0. The summed E-state index contributed by atoms with van der Waals surface area (Å²) in [6, 6.07) is 4.94. The summed E-state index contributed by atoms with van der Waals surface area (Å²) in [7, 11) is 1.45. The molecule has 0 N–H and O–H groups in total. The number of rotatable bonds is 3. The van der Waals surface area contributed by atoms with Gasteiger partial charge in [0.05, 0.1) is 6.07 Å². The highest BCUT2D eigenvalue weighted by atomic mass is 19.1. The van der Waals surface area contributed by atoms with Gasteiger partial charge in [0.15, 0.2) is 0 Å². The van der Waals surface area contributed by atoms with E-state index >= 15 is 0 Å². The third-order valence-electron chi connectivity index (χ3n) is 2.58. The Hall–Kier alpha value is -1.96. The minimum atomic E-state index is -1.18. The lowest BCUT2D eigenvalue weighted by molar-refractivity contribution is -0.136. The number of hydrogen-bond donors (Lipinski definition) is 0. The molecule has 1 aromatic rings. The second-order valence-electron chi connectivity index (χ2n) is 4.63. The number of nitriles is 1. The average Bonchev–Trinajstić information content (AvgIpc) is 2.32. The van der Waals surface area contributed by atoms with E-state index in [0.29, 0.717) is 0 Å². The van der Waals surface area contributed by atoms with Crippen LogP contribution in [0, 0.1) is 28.4 Å². The lowest BCUT2D eigenvalue weighted by Crippen LogP contribution is -2.37. The maximum Gasteiger partial charge on any atom is 0.242 e. The van der Waals surface area contributed by atoms with E-state index in [1.807, 2.05) is 6.07 Å². The predicted molar refractivity (Wildman–Crippen MR) is 62.2 cm³/mol. The zero-order chi connectivity index (χ0) is 13.9. The number of benzene rings is 1. The molecule has 0 fully saturated rings. The maximum atomic E-state index is 13.4. The Morgan fingerprint density at radius 1 is 1.44 bits per heavy atom. The highest BCUT2D eigenvalue weighted by molar-refractivity contribution is 5.84. The first-order valence-electron chi connectivity index (χ1n) is 5.38. The van der Waals surface area contributed by atoms with Crippen LogP contribution in [-0.4, -0.2) is 17.9 Å². The number of carbonyl (C=O) groups is 1. The zero-order valence-corrected chi connectivity index (χ0v) is 10.5. The smallest absolute Gasteiger partial charge is 0.242 e. The van der Waals surface area contributed by atoms with Gasteiger partial charge < -0.3 is 4.90 Å². The van der Waals surface area contributed by atoms with E-state index < -0.39 is 23.0 Å². The molecule has 0 heterocycles. The summed E-state index contributed by atoms with van der Waals surface area (Å²) in [5.74, 6) is -1.58. The molecule has 0 atom stereocenters. The number of amides is 1. The lowest BCUT2D eigenvalue weighted by Gasteiger charge is -2.24. The molecular formula is C13H14F2N2O. The van der Waals surface area contributed by atoms with Crippen LogP contribution < -0.4 is 0 Å². The highest BCUT2D eigenvalue weighted by Gasteiger charge is 2.30. The molecule has 0 saturated heterocycles. The predicted octanol–water partition coefficient (Wildman–Crippen LogP) is 2.47. The van der Waals surface area contributed by atoms with Crippen LogP contribution in [-0.2, 0) is 11.3 Å². The molecule has 0 spiro atoms. The van der Waals surface area contributed by atoms with Crippen molar-refractivity contribution in [3.63, 3.8) is 0 Å². The molecule has 0 radical (unpaired) electrons. The highest BCUT2D eigenvalue weighted by Crippen LogP contribution is 2.19. The van der Waals surface area contributed by atoms with Gasteiger partial charge in [-0.3, -0.25) is 4.79 Å². The Bertz CT molecular complexity index is 506. The quantitative estimate of drug-likeness (QED) is 0.829. The average molecular weight is 252 g/mol. The number of hydrogen-bond acceptors (Lipinski definition) is 2. The van der Waals surface area contributed by atoms with Gasteiger partial charge in [0, 0.05) is 19.2 Å². The first-order valence-corrected chi connectivity index (χ1v) is 5.38. The molecule has 1 aromatic carbocycles. The maximum absolute atomic E-state index is 13.4. The van der Waals surface area contributed by atoms with E-state index in [1.54, 1.807) is 0 Å². The summed E-state index contributed by atoms with van der Waals surface area (Å²) in [6.45, 7) is 2.88. The summed E-state index contributed by atoms with van der Waals surface area (Å²) in [5.41, 5.74) is -1.10. The van der Waals surface area contributed by atoms with Crippen molar-refractivity contribution >= 4 is 5.91 Å². The summed E-state index contributed by atoms with van der Waals surface area (Å²) in [5, 5.41) is 8.85. The van der Waals surface area contributed by atoms with Gasteiger partial charge in [-0.15, -0.1) is 0 Å². The van der Waals surface area contributed by atoms with Crippen LogP contribution in [0.2, 0.25) is 0 Å². The van der Waals surface area contributed by atoms with Crippen molar-refractivity contribution in [1.82, 2.24) is 4.90 Å². The normalized spacial score (nSPS) is 10.9. The molecule has 0 bridgehead atoms. The van der Waals surface area contributed by atoms with Crippen LogP contribution in [0.4, 0.5) is 8.78 Å². The van der Waals surface area contributed by atoms with Crippen molar-refractivity contribution in [2.45, 2.75) is 20.4 Å². The van der Waals surface area contributed by atoms with Gasteiger partial charge in [0.1, 0.15) is 17.0 Å². The number of carbonyl (C=O) groups excluding carboxylic acids is 1. The minimum Gasteiger partial charge on any atom is -0.340 e. The molecular weight excluding hydrogens is 238 g/mol. The fourth-order valence-corrected chi connectivity index (χ4v) is 1.52. The largest absolute Gasteiger partial charge is 0.340 e. The molecule has 5 heteroatoms. The fraction of sp³-hybridized carbons (Fsp3) is 0.385. The molecule has 0 aliphatic rings. The number of halogens is 2. The van der Waals surface area contributed by atoms with Gasteiger partial charge >= 0.3 is 0 Å². The third kappa shape index (κ3) is 3.04. The van der Waals surface area contributed by atoms with Crippen LogP contribution in [0.25, 0.3) is 0 Å². The van der Waals surface area contributed by atoms with Gasteiger partial charge in [-0.25, -0.2) is 8.78 Å². The van der Waals surface area contributed by atoms with E-state index in [-0.39, 0.29) is 12.1 Å². The van der Waals surface area contributed by atoms with Crippen LogP contribution in [0.15, 0.2) is 18.2 Å². The molecule has 0 saturated carbocycles. The topological polar surface area (TPSA) is 44.1 Å². The van der Waals surface area contributed by atoms with Crippen LogP contribution >= 0.6 is 0 Å². The van der Waals surface area contributed by atoms with Gasteiger partial charge in [-0.2, -0.15) is 5.26 Å². The molecule has 1 rings (SSSR count). The van der Waals surface area contributed by atoms with E-state index in [4.69, 9.17) is 5.26 Å². The first-order chi connectivity index (χ1) is 8.27. The summed E-state index contributed by atoms with van der Waals surface area (Å²) in [4.78, 5) is 13.1. The van der Waals surface area contributed by atoms with Crippen molar-refractivity contribution in [2.75, 3.05) is 7.05 Å². The Morgan fingerprint density at radius 2 is 2.06 bits per heavy atom. The third-order valence-corrected chi connectivity index (χ3v) is 2.58. The van der Waals surface area contributed by atoms with Crippen molar-refractivity contribution in [1.29, 1.82) is 5.26 Å². The van der Waals surface area contributed by atoms with Crippen LogP contribution in [0.1, 0.15) is 19.4 Å². The molecule has 3 nitrogen and oxygen atoms in total. The fourth-order valence-electron chi connectivity index (χ4n) is 1.52. The Morgan fingerprint density at radius 3 is 2.61 bits per heavy atom.